The van der Waals surface area contributed by atoms with Crippen molar-refractivity contribution in [2.75, 3.05) is 24.9 Å². The highest BCUT2D eigenvalue weighted by atomic mass is 32.2. The van der Waals surface area contributed by atoms with Gasteiger partial charge in [-0.3, -0.25) is 8.91 Å². The van der Waals surface area contributed by atoms with Crippen LogP contribution in [0, 0.1) is 0 Å². The molecule has 2 atom stereocenters. The lowest BCUT2D eigenvalue weighted by Gasteiger charge is -2.32. The zero-order valence-corrected chi connectivity index (χ0v) is 15.0. The van der Waals surface area contributed by atoms with Crippen molar-refractivity contribution in [3.63, 3.8) is 0 Å². The number of benzene rings is 1. The Morgan fingerprint density at radius 2 is 2.12 bits per heavy atom. The summed E-state index contributed by atoms with van der Waals surface area (Å²) in [7, 11) is 1.34. The summed E-state index contributed by atoms with van der Waals surface area (Å²) in [4.78, 5) is 12.4. The van der Waals surface area contributed by atoms with Crippen LogP contribution in [-0.2, 0) is 25.0 Å². The van der Waals surface area contributed by atoms with Gasteiger partial charge in [0.05, 0.1) is 12.7 Å². The molecule has 7 nitrogen and oxygen atoms in total. The van der Waals surface area contributed by atoms with Crippen LogP contribution in [0.25, 0.3) is 0 Å². The number of ether oxygens (including phenoxy) is 1. The van der Waals surface area contributed by atoms with E-state index in [9.17, 15) is 14.1 Å². The maximum atomic E-state index is 12.4. The molecule has 1 aromatic rings. The summed E-state index contributed by atoms with van der Waals surface area (Å²) in [5, 5.41) is 13.9. The minimum Gasteiger partial charge on any atom is -0.507 e. The number of hydrogen-bond acceptors (Lipinski definition) is 6. The monoisotopic (exact) mass is 366 g/mol. The Morgan fingerprint density at radius 1 is 1.40 bits per heavy atom. The van der Waals surface area contributed by atoms with Crippen molar-refractivity contribution in [2.24, 2.45) is 0 Å². The number of rotatable bonds is 5. The first-order valence-electron chi connectivity index (χ1n) is 8.17. The van der Waals surface area contributed by atoms with E-state index in [1.807, 2.05) is 13.0 Å². The number of anilines is 1. The third-order valence-electron chi connectivity index (χ3n) is 4.78. The fourth-order valence-corrected chi connectivity index (χ4v) is 3.75. The lowest BCUT2D eigenvalue weighted by atomic mass is 9.85. The molecule has 3 N–H and O–H groups in total. The van der Waals surface area contributed by atoms with E-state index in [1.165, 1.54) is 7.11 Å². The number of esters is 1. The Hall–Kier alpha value is -1.90. The molecule has 2 aliphatic rings. The van der Waals surface area contributed by atoms with Crippen LogP contribution < -0.4 is 10.0 Å². The van der Waals surface area contributed by atoms with Gasteiger partial charge in [0.25, 0.3) is 11.3 Å². The van der Waals surface area contributed by atoms with Gasteiger partial charge in [0, 0.05) is 24.4 Å². The van der Waals surface area contributed by atoms with Gasteiger partial charge in [0.15, 0.2) is 5.60 Å². The van der Waals surface area contributed by atoms with E-state index in [1.54, 1.807) is 18.2 Å². The molecule has 1 spiro atoms. The number of piperidine rings is 1. The quantitative estimate of drug-likeness (QED) is 0.689. The maximum Gasteiger partial charge on any atom is 0.339 e. The third-order valence-corrected chi connectivity index (χ3v) is 5.48. The Labute approximate surface area is 149 Å². The fourth-order valence-electron chi connectivity index (χ4n) is 3.35. The summed E-state index contributed by atoms with van der Waals surface area (Å²) >= 11 is -1.63. The molecule has 0 amide bonds. The van der Waals surface area contributed by atoms with Crippen molar-refractivity contribution in [3.8, 4) is 0 Å². The number of carbonyl (C=O) groups is 1. The first kappa shape index (κ1) is 17.9. The molecule has 2 heterocycles. The van der Waals surface area contributed by atoms with Crippen molar-refractivity contribution in [1.29, 1.82) is 0 Å². The van der Waals surface area contributed by atoms with Crippen molar-refractivity contribution in [2.45, 2.75) is 31.3 Å². The van der Waals surface area contributed by atoms with Crippen LogP contribution in [-0.4, -0.2) is 41.1 Å². The molecule has 0 saturated carbocycles. The molecular weight excluding hydrogens is 344 g/mol. The SMILES string of the molecule is COS(=O)Nc1cccc(C(C)C2=C(O)C3(CCNCC3)OC2=O)c1. The zero-order chi connectivity index (χ0) is 18.0. The van der Waals surface area contributed by atoms with Crippen molar-refractivity contribution in [3.05, 3.63) is 41.2 Å². The number of nitrogens with one attached hydrogen (secondary N) is 2. The Balaban J connectivity index is 1.89. The standard InChI is InChI=1S/C17H22N2O5S/c1-11(12-4-3-5-13(10-12)19-25(22)23-2)14-15(20)17(24-16(14)21)6-8-18-9-7-17/h3-5,10-11,18-20H,6-9H2,1-2H3. The second kappa shape index (κ2) is 7.15. The molecule has 0 aromatic heterocycles. The predicted molar refractivity (Wildman–Crippen MR) is 94.2 cm³/mol. The van der Waals surface area contributed by atoms with Gasteiger partial charge < -0.3 is 15.2 Å². The molecule has 3 rings (SSSR count). The molecular formula is C17H22N2O5S. The summed E-state index contributed by atoms with van der Waals surface area (Å²) in [5.74, 6) is -0.768. The summed E-state index contributed by atoms with van der Waals surface area (Å²) in [5.41, 5.74) is 0.821. The van der Waals surface area contributed by atoms with Crippen LogP contribution in [0.15, 0.2) is 35.6 Å². The smallest absolute Gasteiger partial charge is 0.339 e. The average Bonchev–Trinajstić information content (AvgIpc) is 2.85. The van der Waals surface area contributed by atoms with E-state index in [0.29, 0.717) is 37.2 Å². The summed E-state index contributed by atoms with van der Waals surface area (Å²) in [6, 6.07) is 7.18. The highest BCUT2D eigenvalue weighted by molar-refractivity contribution is 7.81. The maximum absolute atomic E-state index is 12.4. The third kappa shape index (κ3) is 3.42. The van der Waals surface area contributed by atoms with E-state index in [4.69, 9.17) is 8.92 Å². The van der Waals surface area contributed by atoms with Crippen LogP contribution in [0.1, 0.15) is 31.2 Å². The molecule has 0 aliphatic carbocycles. The molecule has 25 heavy (non-hydrogen) atoms. The van der Waals surface area contributed by atoms with Gasteiger partial charge in [-0.05, 0) is 30.8 Å². The summed E-state index contributed by atoms with van der Waals surface area (Å²) in [6.07, 6.45) is 1.13. The van der Waals surface area contributed by atoms with E-state index >= 15 is 0 Å². The van der Waals surface area contributed by atoms with E-state index < -0.39 is 22.8 Å². The normalized spacial score (nSPS) is 21.9. The van der Waals surface area contributed by atoms with Gasteiger partial charge in [-0.2, -0.15) is 0 Å². The van der Waals surface area contributed by atoms with E-state index in [-0.39, 0.29) is 11.7 Å². The molecule has 0 bridgehead atoms. The number of aliphatic hydroxyl groups excluding tert-OH is 1. The Bertz CT molecular complexity index is 728. The molecule has 1 saturated heterocycles. The first-order chi connectivity index (χ1) is 12.0. The Kier molecular flexibility index (Phi) is 5.12. The molecule has 1 fully saturated rings. The van der Waals surface area contributed by atoms with Gasteiger partial charge in [-0.15, -0.1) is 0 Å². The van der Waals surface area contributed by atoms with Crippen LogP contribution in [0.3, 0.4) is 0 Å². The second-order valence-corrected chi connectivity index (χ2v) is 7.25. The minimum absolute atomic E-state index is 0.0466. The average molecular weight is 366 g/mol. The van der Waals surface area contributed by atoms with Crippen molar-refractivity contribution >= 4 is 22.9 Å². The predicted octanol–water partition coefficient (Wildman–Crippen LogP) is 1.92. The van der Waals surface area contributed by atoms with E-state index in [0.717, 1.165) is 5.56 Å². The fraction of sp³-hybridized carbons (Fsp3) is 0.471. The Morgan fingerprint density at radius 3 is 2.80 bits per heavy atom. The van der Waals surface area contributed by atoms with Crippen LogP contribution in [0.4, 0.5) is 5.69 Å². The largest absolute Gasteiger partial charge is 0.507 e. The van der Waals surface area contributed by atoms with Gasteiger partial charge in [0.2, 0.25) is 0 Å². The van der Waals surface area contributed by atoms with Crippen LogP contribution >= 0.6 is 0 Å². The van der Waals surface area contributed by atoms with Gasteiger partial charge in [0.1, 0.15) is 5.76 Å². The first-order valence-corrected chi connectivity index (χ1v) is 9.25. The number of hydrogen-bond donors (Lipinski definition) is 3. The number of aliphatic hydroxyl groups is 1. The highest BCUT2D eigenvalue weighted by Gasteiger charge is 2.49. The lowest BCUT2D eigenvalue weighted by Crippen LogP contribution is -2.43. The molecule has 1 aromatic carbocycles. The zero-order valence-electron chi connectivity index (χ0n) is 14.2. The van der Waals surface area contributed by atoms with Gasteiger partial charge in [-0.25, -0.2) is 9.00 Å². The van der Waals surface area contributed by atoms with Crippen LogP contribution in [0.2, 0.25) is 0 Å². The second-order valence-electron chi connectivity index (χ2n) is 6.25. The van der Waals surface area contributed by atoms with Gasteiger partial charge >= 0.3 is 5.97 Å². The van der Waals surface area contributed by atoms with Crippen molar-refractivity contribution in [1.82, 2.24) is 5.32 Å². The topological polar surface area (TPSA) is 96.9 Å². The lowest BCUT2D eigenvalue weighted by molar-refractivity contribution is -0.150. The van der Waals surface area contributed by atoms with Gasteiger partial charge in [-0.1, -0.05) is 19.1 Å². The molecule has 136 valence electrons. The molecule has 0 radical (unpaired) electrons. The van der Waals surface area contributed by atoms with E-state index in [2.05, 4.69) is 10.0 Å². The van der Waals surface area contributed by atoms with Crippen molar-refractivity contribution < 1.29 is 23.0 Å². The van der Waals surface area contributed by atoms with Crippen LogP contribution in [0.5, 0.6) is 0 Å². The molecule has 8 heteroatoms. The number of carbonyl (C=O) groups excluding carboxylic acids is 1. The molecule has 2 aliphatic heterocycles. The highest BCUT2D eigenvalue weighted by Crippen LogP contribution is 2.43. The minimum atomic E-state index is -1.63. The summed E-state index contributed by atoms with van der Waals surface area (Å²) in [6.45, 7) is 3.24. The summed E-state index contributed by atoms with van der Waals surface area (Å²) < 4.78 is 24.5. The molecule has 2 unspecified atom stereocenters.